The van der Waals surface area contributed by atoms with Crippen LogP contribution in [0.15, 0.2) is 53.1 Å². The van der Waals surface area contributed by atoms with Gasteiger partial charge in [0.15, 0.2) is 5.82 Å². The zero-order valence-electron chi connectivity index (χ0n) is 17.4. The van der Waals surface area contributed by atoms with Gasteiger partial charge in [-0.05, 0) is 30.2 Å². The van der Waals surface area contributed by atoms with E-state index >= 15 is 0 Å². The first-order valence-electron chi connectivity index (χ1n) is 10.1. The molecule has 0 fully saturated rings. The fourth-order valence-electron chi connectivity index (χ4n) is 4.07. The molecular weight excluding hydrogens is 416 g/mol. The van der Waals surface area contributed by atoms with Crippen LogP contribution in [0.5, 0.6) is 0 Å². The molecule has 1 atom stereocenters. The molecule has 2 aromatic carbocycles. The molecule has 1 unspecified atom stereocenters. The van der Waals surface area contributed by atoms with Crippen molar-refractivity contribution in [2.45, 2.75) is 32.9 Å². The van der Waals surface area contributed by atoms with E-state index in [1.54, 1.807) is 18.7 Å². The number of hydrogen-bond donors (Lipinski definition) is 0. The molecule has 32 heavy (non-hydrogen) atoms. The third-order valence-electron chi connectivity index (χ3n) is 5.71. The van der Waals surface area contributed by atoms with Crippen LogP contribution in [0.25, 0.3) is 5.69 Å². The molecule has 7 nitrogen and oxygen atoms in total. The van der Waals surface area contributed by atoms with Crippen LogP contribution in [0.2, 0.25) is 0 Å². The lowest BCUT2D eigenvalue weighted by molar-refractivity contribution is 0.0602. The summed E-state index contributed by atoms with van der Waals surface area (Å²) in [7, 11) is 0. The van der Waals surface area contributed by atoms with Gasteiger partial charge in [0.25, 0.3) is 5.91 Å². The van der Waals surface area contributed by atoms with E-state index in [4.69, 9.17) is 4.42 Å². The Kier molecular flexibility index (Phi) is 4.80. The number of hydrogen-bond acceptors (Lipinski definition) is 5. The Hall–Kier alpha value is -3.88. The van der Waals surface area contributed by atoms with Crippen molar-refractivity contribution in [3.63, 3.8) is 0 Å². The Balaban J connectivity index is 1.54. The van der Waals surface area contributed by atoms with Crippen molar-refractivity contribution in [2.75, 3.05) is 0 Å². The summed E-state index contributed by atoms with van der Waals surface area (Å²) in [6.45, 7) is 3.73. The molecule has 5 rings (SSSR count). The fraction of sp³-hybridized carbons (Fsp3) is 0.217. The maximum atomic E-state index is 14.3. The average Bonchev–Trinajstić information content (AvgIpc) is 3.38. The quantitative estimate of drug-likeness (QED) is 0.485. The Morgan fingerprint density at radius 2 is 1.88 bits per heavy atom. The SMILES string of the molecule is Cc1nnc(C2Cc3ccccc3CN2C(=O)c2cnn(-c3ccc(F)cc3F)c2C)o1. The summed E-state index contributed by atoms with van der Waals surface area (Å²) < 4.78 is 34.6. The molecule has 9 heteroatoms. The van der Waals surface area contributed by atoms with Crippen molar-refractivity contribution < 1.29 is 18.0 Å². The number of benzene rings is 2. The summed E-state index contributed by atoms with van der Waals surface area (Å²) in [6, 6.07) is 10.7. The van der Waals surface area contributed by atoms with Crippen LogP contribution in [-0.2, 0) is 13.0 Å². The van der Waals surface area contributed by atoms with Gasteiger partial charge in [0.2, 0.25) is 11.8 Å². The lowest BCUT2D eigenvalue weighted by Crippen LogP contribution is -2.39. The van der Waals surface area contributed by atoms with E-state index in [2.05, 4.69) is 15.3 Å². The molecule has 0 aliphatic carbocycles. The minimum Gasteiger partial charge on any atom is -0.423 e. The standard InChI is InChI=1S/C23H19F2N5O2/c1-13-18(11-26-30(13)20-8-7-17(24)10-19(20)25)23(31)29-12-16-6-4-3-5-15(16)9-21(29)22-28-27-14(2)32-22/h3-8,10-11,21H,9,12H2,1-2H3. The normalized spacial score (nSPS) is 15.6. The minimum absolute atomic E-state index is 0.0658. The van der Waals surface area contributed by atoms with Gasteiger partial charge in [-0.25, -0.2) is 13.5 Å². The molecule has 1 aliphatic rings. The minimum atomic E-state index is -0.763. The molecular formula is C23H19F2N5O2. The summed E-state index contributed by atoms with van der Waals surface area (Å²) in [5.74, 6) is -0.952. The number of halogens is 2. The van der Waals surface area contributed by atoms with Crippen LogP contribution < -0.4 is 0 Å². The molecule has 2 aromatic heterocycles. The predicted octanol–water partition coefficient (Wildman–Crippen LogP) is 4.09. The van der Waals surface area contributed by atoms with Crippen molar-refractivity contribution in [3.05, 3.63) is 94.5 Å². The second-order valence-electron chi connectivity index (χ2n) is 7.73. The van der Waals surface area contributed by atoms with Gasteiger partial charge in [-0.3, -0.25) is 4.79 Å². The molecule has 0 radical (unpaired) electrons. The Morgan fingerprint density at radius 1 is 1.09 bits per heavy atom. The van der Waals surface area contributed by atoms with Crippen LogP contribution in [0.1, 0.15) is 45.0 Å². The van der Waals surface area contributed by atoms with Gasteiger partial charge in [0, 0.05) is 26.0 Å². The highest BCUT2D eigenvalue weighted by Gasteiger charge is 2.36. The van der Waals surface area contributed by atoms with Gasteiger partial charge in [0.05, 0.1) is 17.5 Å². The zero-order valence-corrected chi connectivity index (χ0v) is 17.4. The van der Waals surface area contributed by atoms with Crippen LogP contribution in [0.3, 0.4) is 0 Å². The maximum absolute atomic E-state index is 14.3. The second-order valence-corrected chi connectivity index (χ2v) is 7.73. The Morgan fingerprint density at radius 3 is 2.59 bits per heavy atom. The number of nitrogens with zero attached hydrogens (tertiary/aromatic N) is 5. The fourth-order valence-corrected chi connectivity index (χ4v) is 4.07. The monoisotopic (exact) mass is 435 g/mol. The molecule has 0 spiro atoms. The van der Waals surface area contributed by atoms with Crippen molar-refractivity contribution in [2.24, 2.45) is 0 Å². The number of carbonyl (C=O) groups excluding carboxylic acids is 1. The van der Waals surface area contributed by atoms with Crippen molar-refractivity contribution in [1.82, 2.24) is 24.9 Å². The summed E-state index contributed by atoms with van der Waals surface area (Å²) >= 11 is 0. The van der Waals surface area contributed by atoms with Crippen molar-refractivity contribution in [1.29, 1.82) is 0 Å². The maximum Gasteiger partial charge on any atom is 0.258 e. The summed E-state index contributed by atoms with van der Waals surface area (Å²) in [4.78, 5) is 15.3. The first-order valence-corrected chi connectivity index (χ1v) is 10.1. The number of amides is 1. The molecule has 3 heterocycles. The first-order chi connectivity index (χ1) is 15.4. The van der Waals surface area contributed by atoms with Crippen LogP contribution in [0.4, 0.5) is 8.78 Å². The smallest absolute Gasteiger partial charge is 0.258 e. The predicted molar refractivity (Wildman–Crippen MR) is 110 cm³/mol. The van der Waals surface area contributed by atoms with E-state index in [9.17, 15) is 13.6 Å². The zero-order chi connectivity index (χ0) is 22.4. The van der Waals surface area contributed by atoms with Gasteiger partial charge in [0.1, 0.15) is 17.5 Å². The lowest BCUT2D eigenvalue weighted by atomic mass is 9.93. The molecule has 0 bridgehead atoms. The highest BCUT2D eigenvalue weighted by atomic mass is 19.1. The van der Waals surface area contributed by atoms with Gasteiger partial charge >= 0.3 is 0 Å². The molecule has 1 aliphatic heterocycles. The highest BCUT2D eigenvalue weighted by molar-refractivity contribution is 5.95. The largest absolute Gasteiger partial charge is 0.423 e. The highest BCUT2D eigenvalue weighted by Crippen LogP contribution is 2.34. The number of rotatable bonds is 3. The molecule has 1 amide bonds. The van der Waals surface area contributed by atoms with Crippen LogP contribution in [0, 0.1) is 25.5 Å². The summed E-state index contributed by atoms with van der Waals surface area (Å²) in [6.07, 6.45) is 1.93. The average molecular weight is 435 g/mol. The van der Waals surface area contributed by atoms with Gasteiger partial charge < -0.3 is 9.32 Å². The molecule has 162 valence electrons. The van der Waals surface area contributed by atoms with E-state index in [-0.39, 0.29) is 11.6 Å². The van der Waals surface area contributed by atoms with Crippen LogP contribution >= 0.6 is 0 Å². The molecule has 0 saturated carbocycles. The molecule has 0 N–H and O–H groups in total. The summed E-state index contributed by atoms with van der Waals surface area (Å²) in [5.41, 5.74) is 2.96. The Labute approximate surface area is 182 Å². The molecule has 4 aromatic rings. The van der Waals surface area contributed by atoms with Crippen LogP contribution in [-0.4, -0.2) is 30.8 Å². The van der Waals surface area contributed by atoms with E-state index in [1.807, 2.05) is 24.3 Å². The number of aromatic nitrogens is 4. The van der Waals surface area contributed by atoms with E-state index < -0.39 is 17.7 Å². The van der Waals surface area contributed by atoms with Gasteiger partial charge in [-0.15, -0.1) is 10.2 Å². The summed E-state index contributed by atoms with van der Waals surface area (Å²) in [5, 5.41) is 12.3. The number of aryl methyl sites for hydroxylation is 1. The lowest BCUT2D eigenvalue weighted by Gasteiger charge is -2.35. The molecule has 0 saturated heterocycles. The number of fused-ring (bicyclic) bond motifs is 1. The third-order valence-corrected chi connectivity index (χ3v) is 5.71. The number of carbonyl (C=O) groups is 1. The van der Waals surface area contributed by atoms with E-state index in [0.29, 0.717) is 36.0 Å². The van der Waals surface area contributed by atoms with E-state index in [1.165, 1.54) is 16.9 Å². The van der Waals surface area contributed by atoms with E-state index in [0.717, 1.165) is 23.3 Å². The van der Waals surface area contributed by atoms with Gasteiger partial charge in [-0.2, -0.15) is 5.10 Å². The second kappa shape index (κ2) is 7.67. The van der Waals surface area contributed by atoms with Gasteiger partial charge in [-0.1, -0.05) is 24.3 Å². The van der Waals surface area contributed by atoms with Crippen molar-refractivity contribution >= 4 is 5.91 Å². The first kappa shape index (κ1) is 20.0. The van der Waals surface area contributed by atoms with Crippen molar-refractivity contribution in [3.8, 4) is 5.69 Å². The third kappa shape index (κ3) is 3.35. The Bertz CT molecular complexity index is 1330. The topological polar surface area (TPSA) is 77.1 Å².